The predicted octanol–water partition coefficient (Wildman–Crippen LogP) is 2.59. The lowest BCUT2D eigenvalue weighted by Gasteiger charge is -2.06. The van der Waals surface area contributed by atoms with Crippen LogP contribution in [0.5, 0.6) is 11.5 Å². The minimum Gasteiger partial charge on any atom is -0.457 e. The van der Waals surface area contributed by atoms with E-state index in [1.54, 1.807) is 7.05 Å². The summed E-state index contributed by atoms with van der Waals surface area (Å²) >= 11 is 0. The number of tetrazole rings is 1. The molecule has 0 aliphatic carbocycles. The molecule has 20 heavy (non-hydrogen) atoms. The Morgan fingerprint density at radius 3 is 2.55 bits per heavy atom. The van der Waals surface area contributed by atoms with Crippen LogP contribution in [0.15, 0.2) is 54.6 Å². The van der Waals surface area contributed by atoms with E-state index in [0.29, 0.717) is 12.2 Å². The monoisotopic (exact) mass is 266 g/mol. The smallest absolute Gasteiger partial charge is 0.179 e. The third-order valence-corrected chi connectivity index (χ3v) is 2.79. The molecule has 0 spiro atoms. The lowest BCUT2D eigenvalue weighted by molar-refractivity contribution is 0.482. The van der Waals surface area contributed by atoms with Gasteiger partial charge in [-0.3, -0.25) is 0 Å². The quantitative estimate of drug-likeness (QED) is 0.728. The molecule has 0 saturated heterocycles. The van der Waals surface area contributed by atoms with Crippen molar-refractivity contribution in [1.82, 2.24) is 20.2 Å². The number of aryl methyl sites for hydroxylation is 1. The third kappa shape index (κ3) is 3.00. The van der Waals surface area contributed by atoms with E-state index in [-0.39, 0.29) is 0 Å². The summed E-state index contributed by atoms with van der Waals surface area (Å²) in [4.78, 5) is 1.46. The molecule has 0 atom stereocenters. The van der Waals surface area contributed by atoms with Crippen molar-refractivity contribution in [2.75, 3.05) is 0 Å². The third-order valence-electron chi connectivity index (χ3n) is 2.79. The molecule has 1 aromatic heterocycles. The number of benzene rings is 2. The van der Waals surface area contributed by atoms with Gasteiger partial charge in [-0.25, -0.2) is 0 Å². The average molecular weight is 266 g/mol. The van der Waals surface area contributed by atoms with Crippen LogP contribution in [0.3, 0.4) is 0 Å². The van der Waals surface area contributed by atoms with Crippen LogP contribution in [0.2, 0.25) is 0 Å². The van der Waals surface area contributed by atoms with E-state index in [9.17, 15) is 0 Å². The molecule has 100 valence electrons. The van der Waals surface area contributed by atoms with Gasteiger partial charge in [0.25, 0.3) is 0 Å². The highest BCUT2D eigenvalue weighted by molar-refractivity contribution is 5.34. The van der Waals surface area contributed by atoms with E-state index in [4.69, 9.17) is 4.74 Å². The van der Waals surface area contributed by atoms with Crippen LogP contribution in [-0.4, -0.2) is 20.2 Å². The van der Waals surface area contributed by atoms with Gasteiger partial charge in [0, 0.05) is 6.42 Å². The molecular formula is C15H14N4O. The van der Waals surface area contributed by atoms with Crippen LogP contribution in [0.25, 0.3) is 0 Å². The summed E-state index contributed by atoms with van der Waals surface area (Å²) in [6, 6.07) is 17.6. The summed E-state index contributed by atoms with van der Waals surface area (Å²) in [5.41, 5.74) is 1.09. The summed E-state index contributed by atoms with van der Waals surface area (Å²) in [5, 5.41) is 12.0. The van der Waals surface area contributed by atoms with E-state index < -0.39 is 0 Å². The summed E-state index contributed by atoms with van der Waals surface area (Å²) in [6.07, 6.45) is 0.639. The Hall–Kier alpha value is -2.69. The maximum atomic E-state index is 5.80. The van der Waals surface area contributed by atoms with E-state index >= 15 is 0 Å². The molecule has 0 radical (unpaired) electrons. The fourth-order valence-electron chi connectivity index (χ4n) is 1.92. The van der Waals surface area contributed by atoms with Crippen LogP contribution >= 0.6 is 0 Å². The molecule has 0 aliphatic heterocycles. The number of nitrogens with zero attached hydrogens (tertiary/aromatic N) is 4. The van der Waals surface area contributed by atoms with Gasteiger partial charge >= 0.3 is 0 Å². The molecule has 0 bridgehead atoms. The molecule has 3 rings (SSSR count). The first-order valence-electron chi connectivity index (χ1n) is 6.34. The first kappa shape index (κ1) is 12.3. The zero-order valence-corrected chi connectivity index (χ0v) is 11.1. The highest BCUT2D eigenvalue weighted by atomic mass is 16.5. The number of rotatable bonds is 4. The summed E-state index contributed by atoms with van der Waals surface area (Å²) in [6.45, 7) is 0. The molecular weight excluding hydrogens is 252 g/mol. The van der Waals surface area contributed by atoms with Gasteiger partial charge < -0.3 is 4.74 Å². The van der Waals surface area contributed by atoms with Crippen LogP contribution in [-0.2, 0) is 13.5 Å². The van der Waals surface area contributed by atoms with Gasteiger partial charge in [0.05, 0.1) is 7.05 Å². The first-order chi connectivity index (χ1) is 9.79. The van der Waals surface area contributed by atoms with E-state index in [1.165, 1.54) is 4.80 Å². The second kappa shape index (κ2) is 5.52. The first-order valence-corrected chi connectivity index (χ1v) is 6.34. The van der Waals surface area contributed by atoms with Gasteiger partial charge in [-0.15, -0.1) is 10.2 Å². The Bertz CT molecular complexity index is 694. The zero-order valence-electron chi connectivity index (χ0n) is 11.1. The van der Waals surface area contributed by atoms with Crippen molar-refractivity contribution in [3.8, 4) is 11.5 Å². The Morgan fingerprint density at radius 1 is 1.00 bits per heavy atom. The molecule has 2 aromatic carbocycles. The Morgan fingerprint density at radius 2 is 1.80 bits per heavy atom. The van der Waals surface area contributed by atoms with Crippen molar-refractivity contribution in [2.24, 2.45) is 7.05 Å². The number of hydrogen-bond acceptors (Lipinski definition) is 4. The molecule has 5 nitrogen and oxygen atoms in total. The second-order valence-electron chi connectivity index (χ2n) is 4.43. The zero-order chi connectivity index (χ0) is 13.8. The molecule has 0 fully saturated rings. The van der Waals surface area contributed by atoms with Gasteiger partial charge in [0.2, 0.25) is 0 Å². The summed E-state index contributed by atoms with van der Waals surface area (Å²) < 4.78 is 5.80. The number of aromatic nitrogens is 4. The number of hydrogen-bond donors (Lipinski definition) is 0. The Balaban J connectivity index is 1.76. The molecule has 0 aliphatic rings. The van der Waals surface area contributed by atoms with Crippen LogP contribution in [0.4, 0.5) is 0 Å². The maximum Gasteiger partial charge on any atom is 0.179 e. The topological polar surface area (TPSA) is 52.8 Å². The second-order valence-corrected chi connectivity index (χ2v) is 4.43. The summed E-state index contributed by atoms with van der Waals surface area (Å²) in [7, 11) is 1.76. The van der Waals surface area contributed by atoms with Crippen molar-refractivity contribution < 1.29 is 4.74 Å². The Labute approximate surface area is 116 Å². The van der Waals surface area contributed by atoms with Crippen molar-refractivity contribution >= 4 is 0 Å². The lowest BCUT2D eigenvalue weighted by atomic mass is 10.1. The van der Waals surface area contributed by atoms with Crippen LogP contribution < -0.4 is 4.74 Å². The molecule has 0 N–H and O–H groups in total. The summed E-state index contributed by atoms with van der Waals surface area (Å²) in [5.74, 6) is 2.32. The van der Waals surface area contributed by atoms with E-state index in [0.717, 1.165) is 17.1 Å². The highest BCUT2D eigenvalue weighted by Gasteiger charge is 2.04. The van der Waals surface area contributed by atoms with Crippen molar-refractivity contribution in [3.63, 3.8) is 0 Å². The van der Waals surface area contributed by atoms with E-state index in [2.05, 4.69) is 15.4 Å². The van der Waals surface area contributed by atoms with Gasteiger partial charge in [-0.2, -0.15) is 4.80 Å². The maximum absolute atomic E-state index is 5.80. The molecule has 0 amide bonds. The highest BCUT2D eigenvalue weighted by Crippen LogP contribution is 2.22. The van der Waals surface area contributed by atoms with Crippen molar-refractivity contribution in [1.29, 1.82) is 0 Å². The van der Waals surface area contributed by atoms with Gasteiger partial charge in [0.15, 0.2) is 5.82 Å². The average Bonchev–Trinajstić information content (AvgIpc) is 2.86. The standard InChI is InChI=1S/C15H14N4O/c1-19-17-15(16-18-19)11-12-6-5-9-14(10-12)20-13-7-3-2-4-8-13/h2-10H,11H2,1H3. The lowest BCUT2D eigenvalue weighted by Crippen LogP contribution is -1.95. The van der Waals surface area contributed by atoms with Gasteiger partial charge in [-0.05, 0) is 35.0 Å². The molecule has 0 unspecified atom stereocenters. The predicted molar refractivity (Wildman–Crippen MR) is 74.6 cm³/mol. The molecule has 1 heterocycles. The molecule has 0 saturated carbocycles. The molecule has 3 aromatic rings. The van der Waals surface area contributed by atoms with Gasteiger partial charge in [0.1, 0.15) is 11.5 Å². The molecule has 5 heteroatoms. The minimum atomic E-state index is 0.639. The SMILES string of the molecule is Cn1nnc(Cc2cccc(Oc3ccccc3)c2)n1. The van der Waals surface area contributed by atoms with Gasteiger partial charge in [-0.1, -0.05) is 30.3 Å². The fourth-order valence-corrected chi connectivity index (χ4v) is 1.92. The fraction of sp³-hybridized carbons (Fsp3) is 0.133. The largest absolute Gasteiger partial charge is 0.457 e. The van der Waals surface area contributed by atoms with Crippen molar-refractivity contribution in [3.05, 3.63) is 66.0 Å². The van der Waals surface area contributed by atoms with Crippen LogP contribution in [0.1, 0.15) is 11.4 Å². The number of ether oxygens (including phenoxy) is 1. The number of para-hydroxylation sites is 1. The van der Waals surface area contributed by atoms with Crippen molar-refractivity contribution in [2.45, 2.75) is 6.42 Å². The Kier molecular flexibility index (Phi) is 3.41. The van der Waals surface area contributed by atoms with E-state index in [1.807, 2.05) is 54.6 Å². The normalized spacial score (nSPS) is 10.4. The minimum absolute atomic E-state index is 0.639. The van der Waals surface area contributed by atoms with Crippen LogP contribution in [0, 0.1) is 0 Å².